The van der Waals surface area contributed by atoms with Crippen LogP contribution >= 0.6 is 11.3 Å². The van der Waals surface area contributed by atoms with Crippen molar-refractivity contribution in [3.05, 3.63) is 52.0 Å². The second-order valence-corrected chi connectivity index (χ2v) is 6.78. The summed E-state index contributed by atoms with van der Waals surface area (Å²) in [7, 11) is 0. The molecule has 5 heteroatoms. The molecule has 1 fully saturated rings. The van der Waals surface area contributed by atoms with Crippen molar-refractivity contribution in [3.8, 4) is 0 Å². The van der Waals surface area contributed by atoms with Gasteiger partial charge in [0.1, 0.15) is 5.69 Å². The molecule has 4 nitrogen and oxygen atoms in total. The van der Waals surface area contributed by atoms with Gasteiger partial charge in [0.2, 0.25) is 0 Å². The van der Waals surface area contributed by atoms with Crippen LogP contribution in [0, 0.1) is 5.92 Å². The highest BCUT2D eigenvalue weighted by atomic mass is 32.1. The lowest BCUT2D eigenvalue weighted by Gasteiger charge is -2.29. The van der Waals surface area contributed by atoms with Crippen molar-refractivity contribution in [2.45, 2.75) is 25.8 Å². The highest BCUT2D eigenvalue weighted by molar-refractivity contribution is 7.09. The van der Waals surface area contributed by atoms with Crippen LogP contribution < -0.4 is 10.6 Å². The Labute approximate surface area is 135 Å². The van der Waals surface area contributed by atoms with Gasteiger partial charge in [-0.05, 0) is 31.0 Å². The van der Waals surface area contributed by atoms with Gasteiger partial charge in [-0.3, -0.25) is 4.79 Å². The van der Waals surface area contributed by atoms with E-state index in [0.29, 0.717) is 11.6 Å². The van der Waals surface area contributed by atoms with E-state index in [0.717, 1.165) is 30.9 Å². The van der Waals surface area contributed by atoms with Crippen LogP contribution in [0.25, 0.3) is 0 Å². The predicted octanol–water partition coefficient (Wildman–Crippen LogP) is 2.46. The Kier molecular flexibility index (Phi) is 4.85. The number of hydrogen-bond donors (Lipinski definition) is 2. The molecule has 116 valence electrons. The van der Waals surface area contributed by atoms with E-state index in [1.807, 2.05) is 23.6 Å². The lowest BCUT2D eigenvalue weighted by Crippen LogP contribution is -2.48. The van der Waals surface area contributed by atoms with Crippen molar-refractivity contribution in [1.82, 2.24) is 15.6 Å². The third kappa shape index (κ3) is 3.72. The Morgan fingerprint density at radius 1 is 1.41 bits per heavy atom. The Hall–Kier alpha value is -1.72. The molecule has 0 radical (unpaired) electrons. The number of hydrogen-bond acceptors (Lipinski definition) is 4. The fourth-order valence-electron chi connectivity index (χ4n) is 2.74. The first-order valence-corrected chi connectivity index (χ1v) is 8.60. The van der Waals surface area contributed by atoms with Gasteiger partial charge < -0.3 is 10.6 Å². The molecule has 2 aromatic rings. The minimum Gasteiger partial charge on any atom is -0.348 e. The summed E-state index contributed by atoms with van der Waals surface area (Å²) in [5.41, 5.74) is 1.76. The highest BCUT2D eigenvalue weighted by Gasteiger charge is 2.23. The van der Waals surface area contributed by atoms with Crippen molar-refractivity contribution in [2.24, 2.45) is 5.92 Å². The maximum atomic E-state index is 12.3. The fraction of sp³-hybridized carbons (Fsp3) is 0.412. The summed E-state index contributed by atoms with van der Waals surface area (Å²) in [6.07, 6.45) is 1.76. The van der Waals surface area contributed by atoms with Crippen LogP contribution in [0.15, 0.2) is 35.7 Å². The third-order valence-corrected chi connectivity index (χ3v) is 4.93. The zero-order valence-corrected chi connectivity index (χ0v) is 13.5. The van der Waals surface area contributed by atoms with Crippen LogP contribution in [0.5, 0.6) is 0 Å². The van der Waals surface area contributed by atoms with E-state index in [1.54, 1.807) is 11.3 Å². The molecule has 1 aliphatic rings. The summed E-state index contributed by atoms with van der Waals surface area (Å²) >= 11 is 1.55. The average molecular weight is 315 g/mol. The van der Waals surface area contributed by atoms with Crippen LogP contribution in [-0.4, -0.2) is 30.0 Å². The first kappa shape index (κ1) is 15.2. The molecule has 0 aliphatic carbocycles. The fourth-order valence-corrected chi connectivity index (χ4v) is 3.55. The zero-order valence-electron chi connectivity index (χ0n) is 12.7. The van der Waals surface area contributed by atoms with E-state index in [9.17, 15) is 4.79 Å². The van der Waals surface area contributed by atoms with Gasteiger partial charge in [-0.2, -0.15) is 0 Å². The maximum absolute atomic E-state index is 12.3. The molecule has 0 spiro atoms. The number of carbonyl (C=O) groups excluding carboxylic acids is 1. The van der Waals surface area contributed by atoms with Gasteiger partial charge in [-0.1, -0.05) is 37.3 Å². The molecule has 1 aromatic heterocycles. The Balaban J connectivity index is 1.61. The van der Waals surface area contributed by atoms with Crippen molar-refractivity contribution >= 4 is 17.2 Å². The third-order valence-electron chi connectivity index (χ3n) is 4.08. The molecule has 1 saturated heterocycles. The van der Waals surface area contributed by atoms with Crippen LogP contribution in [0.2, 0.25) is 0 Å². The molecule has 0 saturated carbocycles. The van der Waals surface area contributed by atoms with Gasteiger partial charge in [0.05, 0.1) is 5.01 Å². The molecular weight excluding hydrogens is 294 g/mol. The van der Waals surface area contributed by atoms with Crippen molar-refractivity contribution in [1.29, 1.82) is 0 Å². The Bertz CT molecular complexity index is 626. The smallest absolute Gasteiger partial charge is 0.270 e. The average Bonchev–Trinajstić information content (AvgIpc) is 2.99. The van der Waals surface area contributed by atoms with E-state index in [2.05, 4.69) is 34.7 Å². The van der Waals surface area contributed by atoms with Crippen molar-refractivity contribution < 1.29 is 4.79 Å². The SMILES string of the molecule is CC1CNCCC1NC(=O)c1csc(Cc2ccccc2)n1. The normalized spacial score (nSPS) is 21.5. The standard InChI is InChI=1S/C17H21N3OS/c1-12-10-18-8-7-14(12)20-17(21)15-11-22-16(19-15)9-13-5-3-2-4-6-13/h2-6,11-12,14,18H,7-10H2,1H3,(H,20,21). The number of thiazole rings is 1. The molecule has 2 N–H and O–H groups in total. The van der Waals surface area contributed by atoms with E-state index in [4.69, 9.17) is 0 Å². The Morgan fingerprint density at radius 2 is 2.23 bits per heavy atom. The Morgan fingerprint density at radius 3 is 3.00 bits per heavy atom. The number of carbonyl (C=O) groups is 1. The molecule has 1 aromatic carbocycles. The first-order chi connectivity index (χ1) is 10.7. The van der Waals surface area contributed by atoms with Crippen LogP contribution in [0.3, 0.4) is 0 Å². The number of benzene rings is 1. The second kappa shape index (κ2) is 7.03. The van der Waals surface area contributed by atoms with Gasteiger partial charge in [-0.25, -0.2) is 4.98 Å². The van der Waals surface area contributed by atoms with Gasteiger partial charge >= 0.3 is 0 Å². The van der Waals surface area contributed by atoms with Gasteiger partial charge in [0.25, 0.3) is 5.91 Å². The maximum Gasteiger partial charge on any atom is 0.270 e. The van der Waals surface area contributed by atoms with Gasteiger partial charge in [-0.15, -0.1) is 11.3 Å². The number of piperidine rings is 1. The second-order valence-electron chi connectivity index (χ2n) is 5.84. The van der Waals surface area contributed by atoms with E-state index >= 15 is 0 Å². The largest absolute Gasteiger partial charge is 0.348 e. The van der Waals surface area contributed by atoms with Gasteiger partial charge in [0, 0.05) is 17.8 Å². The van der Waals surface area contributed by atoms with E-state index in [-0.39, 0.29) is 11.9 Å². The number of amides is 1. The van der Waals surface area contributed by atoms with Crippen molar-refractivity contribution in [3.63, 3.8) is 0 Å². The summed E-state index contributed by atoms with van der Waals surface area (Å²) in [5.74, 6) is 0.412. The van der Waals surface area contributed by atoms with E-state index < -0.39 is 0 Å². The molecule has 1 amide bonds. The first-order valence-electron chi connectivity index (χ1n) is 7.72. The number of rotatable bonds is 4. The summed E-state index contributed by atoms with van der Waals surface area (Å²) < 4.78 is 0. The molecule has 3 rings (SSSR count). The summed E-state index contributed by atoms with van der Waals surface area (Å²) in [6.45, 7) is 4.09. The van der Waals surface area contributed by atoms with Crippen LogP contribution in [0.1, 0.15) is 34.4 Å². The summed E-state index contributed by atoms with van der Waals surface area (Å²) in [4.78, 5) is 16.8. The van der Waals surface area contributed by atoms with Crippen LogP contribution in [-0.2, 0) is 6.42 Å². The monoisotopic (exact) mass is 315 g/mol. The number of nitrogens with zero attached hydrogens (tertiary/aromatic N) is 1. The molecule has 2 unspecified atom stereocenters. The highest BCUT2D eigenvalue weighted by Crippen LogP contribution is 2.16. The lowest BCUT2D eigenvalue weighted by molar-refractivity contribution is 0.0909. The molecule has 22 heavy (non-hydrogen) atoms. The van der Waals surface area contributed by atoms with Crippen molar-refractivity contribution in [2.75, 3.05) is 13.1 Å². The molecule has 2 heterocycles. The number of nitrogens with one attached hydrogen (secondary N) is 2. The minimum atomic E-state index is -0.0469. The summed E-state index contributed by atoms with van der Waals surface area (Å²) in [6, 6.07) is 10.5. The molecule has 0 bridgehead atoms. The zero-order chi connectivity index (χ0) is 15.4. The van der Waals surface area contributed by atoms with E-state index in [1.165, 1.54) is 5.56 Å². The number of aromatic nitrogens is 1. The summed E-state index contributed by atoms with van der Waals surface area (Å²) in [5, 5.41) is 9.31. The van der Waals surface area contributed by atoms with Gasteiger partial charge in [0.15, 0.2) is 0 Å². The molecule has 1 aliphatic heterocycles. The predicted molar refractivity (Wildman–Crippen MR) is 89.3 cm³/mol. The topological polar surface area (TPSA) is 54.0 Å². The minimum absolute atomic E-state index is 0.0469. The quantitative estimate of drug-likeness (QED) is 0.911. The lowest BCUT2D eigenvalue weighted by atomic mass is 9.95. The molecular formula is C17H21N3OS. The molecule has 2 atom stereocenters. The van der Waals surface area contributed by atoms with Crippen LogP contribution in [0.4, 0.5) is 0 Å².